The van der Waals surface area contributed by atoms with Crippen molar-refractivity contribution in [3.63, 3.8) is 0 Å². The van der Waals surface area contributed by atoms with E-state index in [0.29, 0.717) is 5.92 Å². The summed E-state index contributed by atoms with van der Waals surface area (Å²) in [6, 6.07) is 17.6. The molecule has 0 atom stereocenters. The van der Waals surface area contributed by atoms with E-state index >= 15 is 0 Å². The molecule has 1 aliphatic rings. The SMILES string of the molecule is CC(C)c1cccc2c1c1nccc3c1[n+]1c2c2ccccc2n1C3. The van der Waals surface area contributed by atoms with Gasteiger partial charge in [-0.15, -0.1) is 4.68 Å². The van der Waals surface area contributed by atoms with Crippen molar-refractivity contribution in [1.82, 2.24) is 9.67 Å². The van der Waals surface area contributed by atoms with Crippen LogP contribution in [-0.4, -0.2) is 9.67 Å². The lowest BCUT2D eigenvalue weighted by Gasteiger charge is -2.10. The third-order valence-corrected chi connectivity index (χ3v) is 5.64. The number of nitrogens with zero attached hydrogens (tertiary/aromatic N) is 3. The first-order valence-corrected chi connectivity index (χ1v) is 8.91. The minimum absolute atomic E-state index is 0.467. The van der Waals surface area contributed by atoms with Crippen LogP contribution >= 0.6 is 0 Å². The molecule has 0 unspecified atom stereocenters. The predicted octanol–water partition coefficient (Wildman–Crippen LogP) is 4.57. The third kappa shape index (κ3) is 1.47. The number of pyridine rings is 2. The highest BCUT2D eigenvalue weighted by Crippen LogP contribution is 2.37. The molecule has 0 spiro atoms. The second-order valence-corrected chi connectivity index (χ2v) is 7.33. The topological polar surface area (TPSA) is 21.9 Å². The molecule has 5 aromatic rings. The standard InChI is InChI=1S/C22H18N3/c1-13(2)15-7-5-8-17-19(15)20-21-14(10-11-23-20)12-24-18-9-4-3-6-16(18)22(17)25(21)24/h3-11,13H,12H2,1-2H3/q+1. The second-order valence-electron chi connectivity index (χ2n) is 7.33. The van der Waals surface area contributed by atoms with Gasteiger partial charge >= 0.3 is 0 Å². The predicted molar refractivity (Wildman–Crippen MR) is 101 cm³/mol. The van der Waals surface area contributed by atoms with E-state index in [1.807, 2.05) is 6.20 Å². The van der Waals surface area contributed by atoms with Crippen LogP contribution in [0.15, 0.2) is 54.7 Å². The zero-order valence-corrected chi connectivity index (χ0v) is 14.3. The lowest BCUT2D eigenvalue weighted by Crippen LogP contribution is -2.29. The number of hydrogen-bond acceptors (Lipinski definition) is 1. The smallest absolute Gasteiger partial charge is 0.249 e. The van der Waals surface area contributed by atoms with E-state index in [1.165, 1.54) is 43.8 Å². The Balaban J connectivity index is 2.06. The Labute approximate surface area is 145 Å². The van der Waals surface area contributed by atoms with Gasteiger partial charge in [-0.1, -0.05) is 42.6 Å². The molecule has 6 rings (SSSR count). The van der Waals surface area contributed by atoms with Gasteiger partial charge in [0.1, 0.15) is 17.6 Å². The molecular weight excluding hydrogens is 306 g/mol. The molecule has 0 fully saturated rings. The summed E-state index contributed by atoms with van der Waals surface area (Å²) in [5.74, 6) is 0.467. The van der Waals surface area contributed by atoms with Gasteiger partial charge in [-0.25, -0.2) is 4.98 Å². The highest BCUT2D eigenvalue weighted by molar-refractivity contribution is 6.16. The van der Waals surface area contributed by atoms with Gasteiger partial charge in [0.15, 0.2) is 0 Å². The molecule has 1 aliphatic heterocycles. The van der Waals surface area contributed by atoms with Crippen molar-refractivity contribution in [2.24, 2.45) is 0 Å². The fourth-order valence-corrected chi connectivity index (χ4v) is 4.60. The minimum atomic E-state index is 0.467. The fraction of sp³-hybridized carbons (Fsp3) is 0.182. The molecule has 3 nitrogen and oxygen atoms in total. The van der Waals surface area contributed by atoms with Crippen LogP contribution in [0.25, 0.3) is 38.2 Å². The Bertz CT molecular complexity index is 1340. The summed E-state index contributed by atoms with van der Waals surface area (Å²) in [5, 5.41) is 3.95. The van der Waals surface area contributed by atoms with Crippen LogP contribution in [0, 0.1) is 0 Å². The van der Waals surface area contributed by atoms with E-state index in [4.69, 9.17) is 4.98 Å². The maximum Gasteiger partial charge on any atom is 0.267 e. The molecule has 0 saturated heterocycles. The largest absolute Gasteiger partial charge is 0.267 e. The number of benzene rings is 2. The number of hydrogen-bond donors (Lipinski definition) is 0. The quantitative estimate of drug-likeness (QED) is 0.321. The van der Waals surface area contributed by atoms with Crippen molar-refractivity contribution in [1.29, 1.82) is 0 Å². The zero-order chi connectivity index (χ0) is 16.7. The van der Waals surface area contributed by atoms with E-state index in [1.54, 1.807) is 0 Å². The number of rotatable bonds is 1. The van der Waals surface area contributed by atoms with Crippen molar-refractivity contribution in [3.8, 4) is 0 Å². The lowest BCUT2D eigenvalue weighted by molar-refractivity contribution is -0.570. The van der Waals surface area contributed by atoms with Crippen LogP contribution in [0.1, 0.15) is 30.9 Å². The lowest BCUT2D eigenvalue weighted by atomic mass is 9.94. The molecule has 4 heterocycles. The van der Waals surface area contributed by atoms with Gasteiger partial charge in [-0.05, 0) is 35.7 Å². The summed E-state index contributed by atoms with van der Waals surface area (Å²) in [5.41, 5.74) is 7.76. The van der Waals surface area contributed by atoms with Crippen molar-refractivity contribution < 1.29 is 4.52 Å². The maximum atomic E-state index is 4.83. The normalized spacial score (nSPS) is 13.4. The van der Waals surface area contributed by atoms with Crippen LogP contribution in [0.4, 0.5) is 0 Å². The molecular formula is C22H18N3+. The summed E-state index contributed by atoms with van der Waals surface area (Å²) >= 11 is 0. The molecule has 0 N–H and O–H groups in total. The van der Waals surface area contributed by atoms with E-state index in [-0.39, 0.29) is 0 Å². The van der Waals surface area contributed by atoms with Gasteiger partial charge in [0.2, 0.25) is 0 Å². The van der Waals surface area contributed by atoms with Gasteiger partial charge in [0, 0.05) is 11.6 Å². The van der Waals surface area contributed by atoms with Gasteiger partial charge < -0.3 is 0 Å². The van der Waals surface area contributed by atoms with Gasteiger partial charge in [-0.3, -0.25) is 0 Å². The average molecular weight is 324 g/mol. The molecule has 2 aromatic carbocycles. The number of fused-ring (bicyclic) bond motifs is 6. The summed E-state index contributed by atoms with van der Waals surface area (Å²) in [6.45, 7) is 5.45. The van der Waals surface area contributed by atoms with E-state index in [9.17, 15) is 0 Å². The molecule has 25 heavy (non-hydrogen) atoms. The Morgan fingerprint density at radius 1 is 0.960 bits per heavy atom. The highest BCUT2D eigenvalue weighted by Gasteiger charge is 2.33. The van der Waals surface area contributed by atoms with Gasteiger partial charge in [0.05, 0.1) is 16.3 Å². The van der Waals surface area contributed by atoms with Gasteiger partial charge in [0.25, 0.3) is 11.0 Å². The highest BCUT2D eigenvalue weighted by atomic mass is 15.4. The Morgan fingerprint density at radius 3 is 2.68 bits per heavy atom. The molecule has 0 aliphatic carbocycles. The second kappa shape index (κ2) is 4.37. The summed E-state index contributed by atoms with van der Waals surface area (Å²) in [4.78, 5) is 4.83. The first-order valence-electron chi connectivity index (χ1n) is 8.91. The molecule has 120 valence electrons. The van der Waals surface area contributed by atoms with E-state index in [2.05, 4.69) is 71.6 Å². The zero-order valence-electron chi connectivity index (χ0n) is 14.3. The summed E-state index contributed by atoms with van der Waals surface area (Å²) in [6.07, 6.45) is 1.97. The van der Waals surface area contributed by atoms with E-state index < -0.39 is 0 Å². The fourth-order valence-electron chi connectivity index (χ4n) is 4.60. The molecule has 0 bridgehead atoms. The number of aromatic nitrogens is 3. The van der Waals surface area contributed by atoms with Crippen molar-refractivity contribution >= 4 is 38.2 Å². The monoisotopic (exact) mass is 324 g/mol. The van der Waals surface area contributed by atoms with Crippen LogP contribution < -0.4 is 4.52 Å². The first kappa shape index (κ1) is 13.4. The third-order valence-electron chi connectivity index (χ3n) is 5.64. The van der Waals surface area contributed by atoms with Gasteiger partial charge in [-0.2, -0.15) is 0 Å². The maximum absolute atomic E-state index is 4.83. The van der Waals surface area contributed by atoms with E-state index in [0.717, 1.165) is 12.1 Å². The van der Waals surface area contributed by atoms with Crippen LogP contribution in [0.5, 0.6) is 0 Å². The molecule has 0 saturated carbocycles. The molecule has 3 aromatic heterocycles. The molecule has 0 amide bonds. The summed E-state index contributed by atoms with van der Waals surface area (Å²) in [7, 11) is 0. The van der Waals surface area contributed by atoms with Crippen molar-refractivity contribution in [2.75, 3.05) is 0 Å². The van der Waals surface area contributed by atoms with Crippen LogP contribution in [0.2, 0.25) is 0 Å². The Kier molecular flexibility index (Phi) is 2.33. The average Bonchev–Trinajstić information content (AvgIpc) is 3.16. The molecule has 3 heteroatoms. The van der Waals surface area contributed by atoms with Crippen LogP contribution in [0.3, 0.4) is 0 Å². The summed E-state index contributed by atoms with van der Waals surface area (Å²) < 4.78 is 4.79. The first-order chi connectivity index (χ1) is 12.3. The number of para-hydroxylation sites is 1. The Morgan fingerprint density at radius 2 is 1.80 bits per heavy atom. The Hall–Kier alpha value is -2.94. The van der Waals surface area contributed by atoms with Crippen molar-refractivity contribution in [3.05, 3.63) is 65.9 Å². The molecule has 0 radical (unpaired) electrons. The van der Waals surface area contributed by atoms with Crippen LogP contribution in [-0.2, 0) is 6.54 Å². The van der Waals surface area contributed by atoms with Crippen molar-refractivity contribution in [2.45, 2.75) is 26.3 Å². The minimum Gasteiger partial charge on any atom is -0.249 e.